The molecule has 4 nitrogen and oxygen atoms in total. The van der Waals surface area contributed by atoms with Crippen LogP contribution in [-0.4, -0.2) is 16.3 Å². The molecule has 0 aliphatic heterocycles. The Morgan fingerprint density at radius 3 is 2.31 bits per heavy atom. The molecule has 1 unspecified atom stereocenters. The second-order valence-electron chi connectivity index (χ2n) is 4.23. The third-order valence-electron chi connectivity index (χ3n) is 2.29. The molecule has 90 valence electrons. The Kier molecular flexibility index (Phi) is 4.29. The van der Waals surface area contributed by atoms with Crippen LogP contribution in [-0.2, 0) is 0 Å². The maximum atomic E-state index is 5.19. The second kappa shape index (κ2) is 5.30. The Hall–Kier alpha value is -1.10. The first-order valence-electron chi connectivity index (χ1n) is 5.41. The van der Waals surface area contributed by atoms with Gasteiger partial charge < -0.3 is 15.2 Å². The van der Waals surface area contributed by atoms with Gasteiger partial charge in [-0.1, -0.05) is 5.16 Å². The molecule has 1 aromatic rings. The summed E-state index contributed by atoms with van der Waals surface area (Å²) in [6, 6.07) is 0.432. The minimum absolute atomic E-state index is 0.102. The minimum atomic E-state index is 0.102. The SMILES string of the molecule is Cc1noc(C)c1C(C)NC(=S)NC(C)C. The van der Waals surface area contributed by atoms with Gasteiger partial charge >= 0.3 is 0 Å². The summed E-state index contributed by atoms with van der Waals surface area (Å²) in [7, 11) is 0. The van der Waals surface area contributed by atoms with Gasteiger partial charge in [0, 0.05) is 11.6 Å². The van der Waals surface area contributed by atoms with Gasteiger partial charge in [0.2, 0.25) is 0 Å². The van der Waals surface area contributed by atoms with Crippen molar-refractivity contribution in [2.45, 2.75) is 46.7 Å². The molecule has 0 spiro atoms. The summed E-state index contributed by atoms with van der Waals surface area (Å²) in [6.07, 6.45) is 0. The van der Waals surface area contributed by atoms with Crippen molar-refractivity contribution in [3.8, 4) is 0 Å². The zero-order valence-electron chi connectivity index (χ0n) is 10.4. The van der Waals surface area contributed by atoms with Crippen LogP contribution in [0.2, 0.25) is 0 Å². The zero-order chi connectivity index (χ0) is 12.3. The molecule has 1 heterocycles. The first-order chi connectivity index (χ1) is 7.41. The maximum Gasteiger partial charge on any atom is 0.166 e. The molecule has 0 radical (unpaired) electrons. The highest BCUT2D eigenvalue weighted by atomic mass is 32.1. The number of hydrogen-bond donors (Lipinski definition) is 2. The first-order valence-corrected chi connectivity index (χ1v) is 5.82. The summed E-state index contributed by atoms with van der Waals surface area (Å²) in [5, 5.41) is 10.9. The fraction of sp³-hybridized carbons (Fsp3) is 0.636. The van der Waals surface area contributed by atoms with Crippen LogP contribution >= 0.6 is 12.2 Å². The highest BCUT2D eigenvalue weighted by molar-refractivity contribution is 7.80. The summed E-state index contributed by atoms with van der Waals surface area (Å²) in [6.45, 7) is 9.99. The highest BCUT2D eigenvalue weighted by Gasteiger charge is 2.16. The Balaban J connectivity index is 2.66. The number of aromatic nitrogens is 1. The predicted octanol–water partition coefficient (Wildman–Crippen LogP) is 2.22. The lowest BCUT2D eigenvalue weighted by atomic mass is 10.1. The first kappa shape index (κ1) is 13.0. The van der Waals surface area contributed by atoms with E-state index in [0.717, 1.165) is 17.0 Å². The number of aryl methyl sites for hydroxylation is 2. The largest absolute Gasteiger partial charge is 0.361 e. The van der Waals surface area contributed by atoms with Crippen molar-refractivity contribution >= 4 is 17.3 Å². The van der Waals surface area contributed by atoms with E-state index in [1.807, 2.05) is 20.8 Å². The molecular weight excluding hydrogens is 222 g/mol. The lowest BCUT2D eigenvalue weighted by Gasteiger charge is -2.18. The van der Waals surface area contributed by atoms with Gasteiger partial charge in [-0.25, -0.2) is 0 Å². The van der Waals surface area contributed by atoms with E-state index in [-0.39, 0.29) is 6.04 Å². The van der Waals surface area contributed by atoms with Crippen LogP contribution in [0.5, 0.6) is 0 Å². The van der Waals surface area contributed by atoms with Crippen LogP contribution in [0.15, 0.2) is 4.52 Å². The van der Waals surface area contributed by atoms with Gasteiger partial charge in [-0.3, -0.25) is 0 Å². The van der Waals surface area contributed by atoms with E-state index in [2.05, 4.69) is 29.6 Å². The van der Waals surface area contributed by atoms with Gasteiger partial charge in [-0.15, -0.1) is 0 Å². The molecule has 0 fully saturated rings. The van der Waals surface area contributed by atoms with Gasteiger partial charge in [0.15, 0.2) is 5.11 Å². The van der Waals surface area contributed by atoms with Gasteiger partial charge in [-0.05, 0) is 46.8 Å². The van der Waals surface area contributed by atoms with Crippen LogP contribution in [0.3, 0.4) is 0 Å². The summed E-state index contributed by atoms with van der Waals surface area (Å²) in [5.41, 5.74) is 1.98. The van der Waals surface area contributed by atoms with Gasteiger partial charge in [-0.2, -0.15) is 0 Å². The average Bonchev–Trinajstić information content (AvgIpc) is 2.44. The Morgan fingerprint density at radius 1 is 1.25 bits per heavy atom. The molecule has 1 atom stereocenters. The predicted molar refractivity (Wildman–Crippen MR) is 68.4 cm³/mol. The van der Waals surface area contributed by atoms with Gasteiger partial charge in [0.1, 0.15) is 5.76 Å². The molecule has 2 N–H and O–H groups in total. The molecule has 0 aliphatic rings. The molecular formula is C11H19N3OS. The van der Waals surface area contributed by atoms with Crippen molar-refractivity contribution in [2.24, 2.45) is 0 Å². The topological polar surface area (TPSA) is 50.1 Å². The van der Waals surface area contributed by atoms with E-state index < -0.39 is 0 Å². The third kappa shape index (κ3) is 3.20. The van der Waals surface area contributed by atoms with E-state index in [0.29, 0.717) is 11.2 Å². The molecule has 0 amide bonds. The molecule has 5 heteroatoms. The van der Waals surface area contributed by atoms with Crippen LogP contribution in [0.1, 0.15) is 43.8 Å². The normalized spacial score (nSPS) is 12.6. The van der Waals surface area contributed by atoms with Crippen molar-refractivity contribution in [3.63, 3.8) is 0 Å². The number of nitrogens with zero attached hydrogens (tertiary/aromatic N) is 1. The number of hydrogen-bond acceptors (Lipinski definition) is 3. The number of thiocarbonyl (C=S) groups is 1. The smallest absolute Gasteiger partial charge is 0.166 e. The van der Waals surface area contributed by atoms with Crippen LogP contribution in [0.4, 0.5) is 0 Å². The highest BCUT2D eigenvalue weighted by Crippen LogP contribution is 2.20. The van der Waals surface area contributed by atoms with E-state index in [4.69, 9.17) is 16.7 Å². The molecule has 0 aromatic carbocycles. The van der Waals surface area contributed by atoms with Crippen molar-refractivity contribution in [2.75, 3.05) is 0 Å². The van der Waals surface area contributed by atoms with Crippen molar-refractivity contribution < 1.29 is 4.52 Å². The third-order valence-corrected chi connectivity index (χ3v) is 2.52. The maximum absolute atomic E-state index is 5.19. The summed E-state index contributed by atoms with van der Waals surface area (Å²) in [4.78, 5) is 0. The minimum Gasteiger partial charge on any atom is -0.361 e. The lowest BCUT2D eigenvalue weighted by Crippen LogP contribution is -2.40. The summed E-state index contributed by atoms with van der Waals surface area (Å²) >= 11 is 5.19. The van der Waals surface area contributed by atoms with Crippen molar-refractivity contribution in [3.05, 3.63) is 17.0 Å². The Morgan fingerprint density at radius 2 is 1.88 bits per heavy atom. The average molecular weight is 241 g/mol. The van der Waals surface area contributed by atoms with E-state index in [9.17, 15) is 0 Å². The fourth-order valence-electron chi connectivity index (χ4n) is 1.68. The Bertz CT molecular complexity index is 354. The fourth-order valence-corrected chi connectivity index (χ4v) is 2.09. The molecule has 16 heavy (non-hydrogen) atoms. The van der Waals surface area contributed by atoms with Crippen LogP contribution in [0, 0.1) is 13.8 Å². The van der Waals surface area contributed by atoms with Gasteiger partial charge in [0.05, 0.1) is 11.7 Å². The van der Waals surface area contributed by atoms with Crippen molar-refractivity contribution in [1.82, 2.24) is 15.8 Å². The molecule has 1 aromatic heterocycles. The van der Waals surface area contributed by atoms with E-state index in [1.54, 1.807) is 0 Å². The summed E-state index contributed by atoms with van der Waals surface area (Å²) < 4.78 is 5.13. The van der Waals surface area contributed by atoms with Gasteiger partial charge in [0.25, 0.3) is 0 Å². The number of nitrogens with one attached hydrogen (secondary N) is 2. The van der Waals surface area contributed by atoms with E-state index >= 15 is 0 Å². The molecule has 0 saturated heterocycles. The molecule has 0 saturated carbocycles. The van der Waals surface area contributed by atoms with E-state index in [1.165, 1.54) is 0 Å². The molecule has 0 aliphatic carbocycles. The number of rotatable bonds is 3. The second-order valence-corrected chi connectivity index (χ2v) is 4.64. The lowest BCUT2D eigenvalue weighted by molar-refractivity contribution is 0.391. The van der Waals surface area contributed by atoms with Crippen molar-refractivity contribution in [1.29, 1.82) is 0 Å². The zero-order valence-corrected chi connectivity index (χ0v) is 11.2. The quantitative estimate of drug-likeness (QED) is 0.795. The van der Waals surface area contributed by atoms with Crippen LogP contribution in [0.25, 0.3) is 0 Å². The summed E-state index contributed by atoms with van der Waals surface area (Å²) in [5.74, 6) is 0.838. The Labute approximate surface area is 102 Å². The standard InChI is InChI=1S/C11H19N3OS/c1-6(2)12-11(16)13-7(3)10-8(4)14-15-9(10)5/h6-7H,1-5H3,(H2,12,13,16). The molecule has 1 rings (SSSR count). The monoisotopic (exact) mass is 241 g/mol. The molecule has 0 bridgehead atoms. The van der Waals surface area contributed by atoms with Crippen LogP contribution < -0.4 is 10.6 Å².